The van der Waals surface area contributed by atoms with Gasteiger partial charge in [-0.2, -0.15) is 0 Å². The van der Waals surface area contributed by atoms with E-state index < -0.39 is 0 Å². The molecule has 0 aliphatic carbocycles. The van der Waals surface area contributed by atoms with E-state index >= 15 is 0 Å². The third-order valence-electron chi connectivity index (χ3n) is 4.55. The van der Waals surface area contributed by atoms with Crippen molar-refractivity contribution in [3.63, 3.8) is 0 Å². The van der Waals surface area contributed by atoms with Crippen molar-refractivity contribution < 1.29 is 4.79 Å². The smallest absolute Gasteiger partial charge is 0.256 e. The zero-order valence-electron chi connectivity index (χ0n) is 13.8. The standard InChI is InChI=1S/C18H19N5O/c1-11-12(2)21-15-9-13(6-7-14(15)20-11)18(24)22-17-10-19-16-5-3-4-8-23(16)17/h6-7,9-10H,3-5,8H2,1-2H3,(H,22,24). The monoisotopic (exact) mass is 321 g/mol. The van der Waals surface area contributed by atoms with E-state index in [-0.39, 0.29) is 5.91 Å². The predicted molar refractivity (Wildman–Crippen MR) is 92.1 cm³/mol. The Kier molecular flexibility index (Phi) is 3.52. The van der Waals surface area contributed by atoms with Crippen LogP contribution in [-0.4, -0.2) is 25.4 Å². The molecule has 6 nitrogen and oxygen atoms in total. The van der Waals surface area contributed by atoms with Crippen LogP contribution >= 0.6 is 0 Å². The second-order valence-electron chi connectivity index (χ2n) is 6.22. The summed E-state index contributed by atoms with van der Waals surface area (Å²) < 4.78 is 2.09. The summed E-state index contributed by atoms with van der Waals surface area (Å²) >= 11 is 0. The van der Waals surface area contributed by atoms with Gasteiger partial charge in [0.1, 0.15) is 11.6 Å². The highest BCUT2D eigenvalue weighted by molar-refractivity contribution is 6.05. The zero-order chi connectivity index (χ0) is 16.7. The minimum atomic E-state index is -0.148. The number of hydrogen-bond donors (Lipinski definition) is 1. The molecule has 122 valence electrons. The molecule has 1 N–H and O–H groups in total. The van der Waals surface area contributed by atoms with Crippen LogP contribution in [-0.2, 0) is 13.0 Å². The quantitative estimate of drug-likeness (QED) is 0.787. The van der Waals surface area contributed by atoms with Crippen LogP contribution in [0.3, 0.4) is 0 Å². The molecular formula is C18H19N5O. The summed E-state index contributed by atoms with van der Waals surface area (Å²) in [4.78, 5) is 26.0. The van der Waals surface area contributed by atoms with Crippen LogP contribution in [0.2, 0.25) is 0 Å². The van der Waals surface area contributed by atoms with Crippen LogP contribution in [0.1, 0.15) is 40.4 Å². The van der Waals surface area contributed by atoms with E-state index in [1.165, 1.54) is 0 Å². The Morgan fingerprint density at radius 3 is 2.75 bits per heavy atom. The summed E-state index contributed by atoms with van der Waals surface area (Å²) in [7, 11) is 0. The highest BCUT2D eigenvalue weighted by Crippen LogP contribution is 2.21. The van der Waals surface area contributed by atoms with Gasteiger partial charge in [-0.05, 0) is 44.9 Å². The maximum Gasteiger partial charge on any atom is 0.256 e. The highest BCUT2D eigenvalue weighted by Gasteiger charge is 2.16. The summed E-state index contributed by atoms with van der Waals surface area (Å²) in [5, 5.41) is 2.97. The molecule has 0 radical (unpaired) electrons. The highest BCUT2D eigenvalue weighted by atomic mass is 16.1. The number of carbonyl (C=O) groups is 1. The molecule has 0 bridgehead atoms. The number of nitrogens with one attached hydrogen (secondary N) is 1. The largest absolute Gasteiger partial charge is 0.315 e. The number of nitrogens with zero attached hydrogens (tertiary/aromatic N) is 4. The number of fused-ring (bicyclic) bond motifs is 2. The van der Waals surface area contributed by atoms with E-state index in [0.717, 1.165) is 59.9 Å². The number of anilines is 1. The Morgan fingerprint density at radius 2 is 1.92 bits per heavy atom. The van der Waals surface area contributed by atoms with Crippen LogP contribution in [0.25, 0.3) is 11.0 Å². The van der Waals surface area contributed by atoms with E-state index in [2.05, 4.69) is 24.8 Å². The molecular weight excluding hydrogens is 302 g/mol. The van der Waals surface area contributed by atoms with Gasteiger partial charge in [0.05, 0.1) is 28.6 Å². The van der Waals surface area contributed by atoms with Gasteiger partial charge in [0, 0.05) is 18.5 Å². The van der Waals surface area contributed by atoms with Gasteiger partial charge in [0.25, 0.3) is 5.91 Å². The van der Waals surface area contributed by atoms with Crippen molar-refractivity contribution in [3.8, 4) is 0 Å². The lowest BCUT2D eigenvalue weighted by Crippen LogP contribution is -2.18. The summed E-state index contributed by atoms with van der Waals surface area (Å²) in [5.41, 5.74) is 3.90. The lowest BCUT2D eigenvalue weighted by Gasteiger charge is -2.16. The predicted octanol–water partition coefficient (Wildman–Crippen LogP) is 3.03. The molecule has 0 atom stereocenters. The van der Waals surface area contributed by atoms with Crippen LogP contribution in [0.5, 0.6) is 0 Å². The third-order valence-corrected chi connectivity index (χ3v) is 4.55. The first-order valence-electron chi connectivity index (χ1n) is 8.22. The first kappa shape index (κ1) is 14.8. The molecule has 4 rings (SSSR count). The van der Waals surface area contributed by atoms with Crippen molar-refractivity contribution >= 4 is 22.8 Å². The van der Waals surface area contributed by atoms with E-state index in [1.54, 1.807) is 18.3 Å². The van der Waals surface area contributed by atoms with E-state index in [9.17, 15) is 4.79 Å². The van der Waals surface area contributed by atoms with Gasteiger partial charge < -0.3 is 9.88 Å². The number of aryl methyl sites for hydroxylation is 3. The molecule has 3 heterocycles. The Labute approximate surface area is 140 Å². The number of aromatic nitrogens is 4. The first-order valence-corrected chi connectivity index (χ1v) is 8.22. The minimum Gasteiger partial charge on any atom is -0.315 e. The van der Waals surface area contributed by atoms with Gasteiger partial charge in [-0.3, -0.25) is 4.79 Å². The summed E-state index contributed by atoms with van der Waals surface area (Å²) in [6, 6.07) is 5.42. The average molecular weight is 321 g/mol. The van der Waals surface area contributed by atoms with Crippen molar-refractivity contribution in [2.45, 2.75) is 39.7 Å². The van der Waals surface area contributed by atoms with Gasteiger partial charge in [-0.15, -0.1) is 0 Å². The average Bonchev–Trinajstić information content (AvgIpc) is 2.99. The van der Waals surface area contributed by atoms with Gasteiger partial charge in [0.2, 0.25) is 0 Å². The lowest BCUT2D eigenvalue weighted by molar-refractivity contribution is 0.102. The SMILES string of the molecule is Cc1nc2ccc(C(=O)Nc3cnc4n3CCCC4)cc2nc1C. The maximum absolute atomic E-state index is 12.6. The first-order chi connectivity index (χ1) is 11.6. The summed E-state index contributed by atoms with van der Waals surface area (Å²) in [5.74, 6) is 1.66. The van der Waals surface area contributed by atoms with Crippen molar-refractivity contribution in [1.29, 1.82) is 0 Å². The number of carbonyl (C=O) groups excluding carboxylic acids is 1. The number of amides is 1. The fraction of sp³-hybridized carbons (Fsp3) is 0.333. The molecule has 0 saturated heterocycles. The lowest BCUT2D eigenvalue weighted by atomic mass is 10.1. The van der Waals surface area contributed by atoms with Crippen molar-refractivity contribution in [2.24, 2.45) is 0 Å². The summed E-state index contributed by atoms with van der Waals surface area (Å²) in [6.07, 6.45) is 5.00. The fourth-order valence-corrected chi connectivity index (χ4v) is 3.08. The Hall–Kier alpha value is -2.76. The van der Waals surface area contributed by atoms with Crippen molar-refractivity contribution in [1.82, 2.24) is 19.5 Å². The molecule has 0 unspecified atom stereocenters. The number of imidazole rings is 1. The second-order valence-corrected chi connectivity index (χ2v) is 6.22. The maximum atomic E-state index is 12.6. The topological polar surface area (TPSA) is 72.7 Å². The molecule has 1 amide bonds. The molecule has 0 saturated carbocycles. The summed E-state index contributed by atoms with van der Waals surface area (Å²) in [6.45, 7) is 4.77. The molecule has 1 aliphatic heterocycles. The molecule has 1 aliphatic rings. The van der Waals surface area contributed by atoms with E-state index in [4.69, 9.17) is 0 Å². The van der Waals surface area contributed by atoms with E-state index in [0.29, 0.717) is 5.56 Å². The van der Waals surface area contributed by atoms with Gasteiger partial charge >= 0.3 is 0 Å². The zero-order valence-corrected chi connectivity index (χ0v) is 13.8. The number of hydrogen-bond acceptors (Lipinski definition) is 4. The third kappa shape index (κ3) is 2.54. The molecule has 6 heteroatoms. The van der Waals surface area contributed by atoms with Crippen LogP contribution in [0.15, 0.2) is 24.4 Å². The molecule has 0 spiro atoms. The molecule has 3 aromatic rings. The van der Waals surface area contributed by atoms with E-state index in [1.807, 2.05) is 19.9 Å². The van der Waals surface area contributed by atoms with Crippen molar-refractivity contribution in [2.75, 3.05) is 5.32 Å². The fourth-order valence-electron chi connectivity index (χ4n) is 3.08. The Morgan fingerprint density at radius 1 is 1.12 bits per heavy atom. The molecule has 24 heavy (non-hydrogen) atoms. The van der Waals surface area contributed by atoms with Crippen LogP contribution < -0.4 is 5.32 Å². The minimum absolute atomic E-state index is 0.148. The van der Waals surface area contributed by atoms with Gasteiger partial charge in [-0.25, -0.2) is 15.0 Å². The normalized spacial score (nSPS) is 13.8. The van der Waals surface area contributed by atoms with Gasteiger partial charge in [0.15, 0.2) is 0 Å². The van der Waals surface area contributed by atoms with Crippen LogP contribution in [0, 0.1) is 13.8 Å². The Bertz CT molecular complexity index is 944. The van der Waals surface area contributed by atoms with Gasteiger partial charge in [-0.1, -0.05) is 0 Å². The molecule has 0 fully saturated rings. The second kappa shape index (κ2) is 5.70. The molecule has 1 aromatic carbocycles. The van der Waals surface area contributed by atoms with Crippen LogP contribution in [0.4, 0.5) is 5.82 Å². The van der Waals surface area contributed by atoms with Crippen molar-refractivity contribution in [3.05, 3.63) is 47.2 Å². The Balaban J connectivity index is 1.63. The molecule has 2 aromatic heterocycles. The number of rotatable bonds is 2. The number of benzene rings is 1.